The maximum absolute atomic E-state index is 9.95. The molecule has 0 aromatic heterocycles. The summed E-state index contributed by atoms with van der Waals surface area (Å²) >= 11 is 0. The van der Waals surface area contributed by atoms with E-state index < -0.39 is 5.60 Å². The summed E-state index contributed by atoms with van der Waals surface area (Å²) in [6.07, 6.45) is 7.01. The quantitative estimate of drug-likeness (QED) is 0.765. The molecule has 1 heterocycles. The molecule has 1 atom stereocenters. The molecule has 2 N–H and O–H groups in total. The summed E-state index contributed by atoms with van der Waals surface area (Å²) in [6.45, 7) is 4.95. The molecule has 94 valence electrons. The second-order valence-electron chi connectivity index (χ2n) is 6.18. The third kappa shape index (κ3) is 2.76. The van der Waals surface area contributed by atoms with Crippen molar-refractivity contribution in [3.8, 4) is 0 Å². The Morgan fingerprint density at radius 2 is 1.81 bits per heavy atom. The first kappa shape index (κ1) is 12.3. The van der Waals surface area contributed by atoms with Gasteiger partial charge in [-0.15, -0.1) is 0 Å². The summed E-state index contributed by atoms with van der Waals surface area (Å²) in [5.41, 5.74) is -0.385. The highest BCUT2D eigenvalue weighted by molar-refractivity contribution is 4.91. The summed E-state index contributed by atoms with van der Waals surface area (Å²) < 4.78 is 0. The van der Waals surface area contributed by atoms with Gasteiger partial charge in [0.1, 0.15) is 0 Å². The minimum Gasteiger partial charge on any atom is -0.396 e. The van der Waals surface area contributed by atoms with Crippen LogP contribution in [0.15, 0.2) is 0 Å². The van der Waals surface area contributed by atoms with Gasteiger partial charge in [0.15, 0.2) is 0 Å². The highest BCUT2D eigenvalue weighted by atomic mass is 16.3. The van der Waals surface area contributed by atoms with Gasteiger partial charge in [0.25, 0.3) is 0 Å². The number of likely N-dealkylation sites (tertiary alicyclic amines) is 1. The first-order chi connectivity index (χ1) is 7.55. The zero-order chi connectivity index (χ0) is 11.6. The van der Waals surface area contributed by atoms with Crippen molar-refractivity contribution >= 4 is 0 Å². The molecule has 1 saturated carbocycles. The predicted molar refractivity (Wildman–Crippen MR) is 64.3 cm³/mol. The summed E-state index contributed by atoms with van der Waals surface area (Å²) in [5.74, 6) is 0. The normalized spacial score (nSPS) is 35.4. The lowest BCUT2D eigenvalue weighted by atomic mass is 9.74. The van der Waals surface area contributed by atoms with Gasteiger partial charge in [0, 0.05) is 31.7 Å². The Labute approximate surface area is 98.5 Å². The first-order valence-corrected chi connectivity index (χ1v) is 6.61. The highest BCUT2D eigenvalue weighted by Crippen LogP contribution is 2.37. The second-order valence-corrected chi connectivity index (χ2v) is 6.18. The minimum atomic E-state index is -0.509. The standard InChI is InChI=1S/C13H25NO2/c1-12(16)7-8-14(9-12)10-13(11-15)5-3-2-4-6-13/h15-16H,2-11H2,1H3. The van der Waals surface area contributed by atoms with E-state index in [0.29, 0.717) is 6.61 Å². The van der Waals surface area contributed by atoms with E-state index >= 15 is 0 Å². The number of hydrogen-bond donors (Lipinski definition) is 2. The molecule has 2 fully saturated rings. The Hall–Kier alpha value is -0.120. The lowest BCUT2D eigenvalue weighted by Gasteiger charge is -2.39. The van der Waals surface area contributed by atoms with Crippen LogP contribution in [0, 0.1) is 5.41 Å². The van der Waals surface area contributed by atoms with Crippen molar-refractivity contribution in [2.45, 2.75) is 51.0 Å². The molecule has 2 aliphatic rings. The van der Waals surface area contributed by atoms with Gasteiger partial charge in [-0.25, -0.2) is 0 Å². The monoisotopic (exact) mass is 227 g/mol. The van der Waals surface area contributed by atoms with Crippen molar-refractivity contribution in [2.24, 2.45) is 5.41 Å². The van der Waals surface area contributed by atoms with Crippen LogP contribution in [-0.2, 0) is 0 Å². The second kappa shape index (κ2) is 4.63. The molecule has 0 aromatic carbocycles. The van der Waals surface area contributed by atoms with Gasteiger partial charge >= 0.3 is 0 Å². The molecule has 1 aliphatic carbocycles. The number of aliphatic hydroxyl groups excluding tert-OH is 1. The third-order valence-electron chi connectivity index (χ3n) is 4.34. The lowest BCUT2D eigenvalue weighted by molar-refractivity contribution is 0.0289. The predicted octanol–water partition coefficient (Wildman–Crippen LogP) is 1.39. The number of aliphatic hydroxyl groups is 2. The van der Waals surface area contributed by atoms with Crippen molar-refractivity contribution < 1.29 is 10.2 Å². The largest absolute Gasteiger partial charge is 0.396 e. The van der Waals surface area contributed by atoms with Crippen LogP contribution in [0.25, 0.3) is 0 Å². The molecule has 1 aliphatic heterocycles. The molecular formula is C13H25NO2. The van der Waals surface area contributed by atoms with Gasteiger partial charge in [-0.2, -0.15) is 0 Å². The molecular weight excluding hydrogens is 202 g/mol. The van der Waals surface area contributed by atoms with E-state index in [1.807, 2.05) is 6.92 Å². The number of hydrogen-bond acceptors (Lipinski definition) is 3. The maximum Gasteiger partial charge on any atom is 0.0758 e. The van der Waals surface area contributed by atoms with Crippen LogP contribution in [0.3, 0.4) is 0 Å². The molecule has 2 rings (SSSR count). The van der Waals surface area contributed by atoms with Crippen molar-refractivity contribution in [1.82, 2.24) is 4.90 Å². The molecule has 1 saturated heterocycles. The third-order valence-corrected chi connectivity index (χ3v) is 4.34. The topological polar surface area (TPSA) is 43.7 Å². The Bertz CT molecular complexity index is 234. The molecule has 0 aromatic rings. The summed E-state index contributed by atoms with van der Waals surface area (Å²) in [5, 5.41) is 19.6. The van der Waals surface area contributed by atoms with E-state index in [1.54, 1.807) is 0 Å². The van der Waals surface area contributed by atoms with Crippen LogP contribution >= 0.6 is 0 Å². The molecule has 0 bridgehead atoms. The Morgan fingerprint density at radius 3 is 2.31 bits per heavy atom. The maximum atomic E-state index is 9.95. The molecule has 16 heavy (non-hydrogen) atoms. The number of rotatable bonds is 3. The highest BCUT2D eigenvalue weighted by Gasteiger charge is 2.38. The molecule has 3 heteroatoms. The Morgan fingerprint density at radius 1 is 1.12 bits per heavy atom. The summed E-state index contributed by atoms with van der Waals surface area (Å²) in [4.78, 5) is 2.33. The van der Waals surface area contributed by atoms with Crippen LogP contribution in [0.2, 0.25) is 0 Å². The zero-order valence-electron chi connectivity index (χ0n) is 10.4. The fourth-order valence-electron chi connectivity index (χ4n) is 3.32. The molecule has 0 spiro atoms. The SMILES string of the molecule is CC1(O)CCN(CC2(CO)CCCCC2)C1. The average Bonchev–Trinajstić information content (AvgIpc) is 2.59. The van der Waals surface area contributed by atoms with Crippen molar-refractivity contribution in [3.05, 3.63) is 0 Å². The van der Waals surface area contributed by atoms with Crippen molar-refractivity contribution in [3.63, 3.8) is 0 Å². The van der Waals surface area contributed by atoms with E-state index in [4.69, 9.17) is 0 Å². The summed E-state index contributed by atoms with van der Waals surface area (Å²) in [6, 6.07) is 0. The zero-order valence-corrected chi connectivity index (χ0v) is 10.4. The van der Waals surface area contributed by atoms with Gasteiger partial charge in [0.05, 0.1) is 5.60 Å². The van der Waals surface area contributed by atoms with Crippen LogP contribution in [0.1, 0.15) is 45.4 Å². The van der Waals surface area contributed by atoms with Crippen molar-refractivity contribution in [2.75, 3.05) is 26.2 Å². The van der Waals surface area contributed by atoms with Gasteiger partial charge in [0.2, 0.25) is 0 Å². The van der Waals surface area contributed by atoms with Crippen LogP contribution in [-0.4, -0.2) is 47.0 Å². The van der Waals surface area contributed by atoms with Gasteiger partial charge in [-0.05, 0) is 26.2 Å². The van der Waals surface area contributed by atoms with E-state index in [9.17, 15) is 10.2 Å². The number of β-amino-alcohol motifs (C(OH)–C–C–N with tert-alkyl or cyclic N) is 1. The van der Waals surface area contributed by atoms with Gasteiger partial charge < -0.3 is 10.2 Å². The minimum absolute atomic E-state index is 0.124. The van der Waals surface area contributed by atoms with E-state index in [-0.39, 0.29) is 5.41 Å². The van der Waals surface area contributed by atoms with E-state index in [1.165, 1.54) is 19.3 Å². The van der Waals surface area contributed by atoms with E-state index in [2.05, 4.69) is 4.90 Å². The Kier molecular flexibility index (Phi) is 3.57. The molecule has 3 nitrogen and oxygen atoms in total. The fraction of sp³-hybridized carbons (Fsp3) is 1.00. The average molecular weight is 227 g/mol. The van der Waals surface area contributed by atoms with Gasteiger partial charge in [-0.3, -0.25) is 4.90 Å². The molecule has 0 amide bonds. The van der Waals surface area contributed by atoms with Crippen LogP contribution in [0.4, 0.5) is 0 Å². The summed E-state index contributed by atoms with van der Waals surface area (Å²) in [7, 11) is 0. The van der Waals surface area contributed by atoms with Gasteiger partial charge in [-0.1, -0.05) is 19.3 Å². The Balaban J connectivity index is 1.91. The van der Waals surface area contributed by atoms with E-state index in [0.717, 1.165) is 38.9 Å². The smallest absolute Gasteiger partial charge is 0.0758 e. The number of nitrogens with zero attached hydrogens (tertiary/aromatic N) is 1. The first-order valence-electron chi connectivity index (χ1n) is 6.61. The molecule has 1 unspecified atom stereocenters. The lowest BCUT2D eigenvalue weighted by Crippen LogP contribution is -2.42. The molecule has 0 radical (unpaired) electrons. The van der Waals surface area contributed by atoms with Crippen LogP contribution in [0.5, 0.6) is 0 Å². The fourth-order valence-corrected chi connectivity index (χ4v) is 3.32. The van der Waals surface area contributed by atoms with Crippen molar-refractivity contribution in [1.29, 1.82) is 0 Å². The van der Waals surface area contributed by atoms with Crippen LogP contribution < -0.4 is 0 Å².